The van der Waals surface area contributed by atoms with Crippen molar-refractivity contribution in [1.82, 2.24) is 4.57 Å². The molecule has 0 radical (unpaired) electrons. The zero-order chi connectivity index (χ0) is 20.4. The van der Waals surface area contributed by atoms with E-state index in [-0.39, 0.29) is 13.2 Å². The number of hydrogen-bond acceptors (Lipinski definition) is 6. The maximum atomic E-state index is 12.8. The van der Waals surface area contributed by atoms with Gasteiger partial charge in [-0.2, -0.15) is 4.99 Å². The molecular weight excluding hydrogens is 416 g/mol. The number of ether oxygens (including phenoxy) is 3. The van der Waals surface area contributed by atoms with Crippen molar-refractivity contribution in [1.29, 1.82) is 0 Å². The number of halogens is 1. The Morgan fingerprint density at radius 1 is 1.17 bits per heavy atom. The molecule has 0 atom stereocenters. The van der Waals surface area contributed by atoms with Crippen LogP contribution < -0.4 is 14.3 Å². The third-order valence-electron chi connectivity index (χ3n) is 4.22. The second-order valence-electron chi connectivity index (χ2n) is 6.16. The van der Waals surface area contributed by atoms with Crippen molar-refractivity contribution in [3.63, 3.8) is 0 Å². The summed E-state index contributed by atoms with van der Waals surface area (Å²) in [6, 6.07) is 10.2. The molecule has 1 amide bonds. The summed E-state index contributed by atoms with van der Waals surface area (Å²) in [6.07, 6.45) is 0. The third-order valence-corrected chi connectivity index (χ3v) is 5.50. The fraction of sp³-hybridized carbons (Fsp3) is 0.250. The summed E-state index contributed by atoms with van der Waals surface area (Å²) in [6.45, 7) is 2.87. The average Bonchev–Trinajstić information content (AvgIpc) is 3.03. The van der Waals surface area contributed by atoms with Crippen LogP contribution in [0.15, 0.2) is 41.4 Å². The standard InChI is InChI=1S/C20H17ClN2O5S/c1-2-26-18(24)11-23-14-5-4-13(21)10-17(14)29-20(23)22-19(25)12-3-6-15-16(9-12)28-8-7-27-15/h3-6,9-10H,2,7-8,11H2,1H3. The van der Waals surface area contributed by atoms with Crippen LogP contribution in [0.25, 0.3) is 10.2 Å². The molecule has 0 aliphatic carbocycles. The maximum Gasteiger partial charge on any atom is 0.326 e. The van der Waals surface area contributed by atoms with Gasteiger partial charge in [-0.1, -0.05) is 22.9 Å². The zero-order valence-electron chi connectivity index (χ0n) is 15.5. The Hall–Kier alpha value is -2.84. The molecule has 1 aliphatic rings. The molecule has 1 aliphatic heterocycles. The second-order valence-corrected chi connectivity index (χ2v) is 7.61. The van der Waals surface area contributed by atoms with Crippen molar-refractivity contribution >= 4 is 45.0 Å². The molecule has 29 heavy (non-hydrogen) atoms. The van der Waals surface area contributed by atoms with Gasteiger partial charge in [0.05, 0.1) is 16.8 Å². The summed E-state index contributed by atoms with van der Waals surface area (Å²) in [4.78, 5) is 29.5. The van der Waals surface area contributed by atoms with Crippen LogP contribution in [-0.4, -0.2) is 36.3 Å². The van der Waals surface area contributed by atoms with Crippen molar-refractivity contribution in [2.75, 3.05) is 19.8 Å². The van der Waals surface area contributed by atoms with Crippen LogP contribution in [0.4, 0.5) is 0 Å². The molecule has 0 N–H and O–H groups in total. The first-order chi connectivity index (χ1) is 14.0. The van der Waals surface area contributed by atoms with Gasteiger partial charge >= 0.3 is 5.97 Å². The number of carbonyl (C=O) groups excluding carboxylic acids is 2. The minimum absolute atomic E-state index is 0.0529. The normalized spacial score (nSPS) is 13.5. The highest BCUT2D eigenvalue weighted by molar-refractivity contribution is 7.16. The van der Waals surface area contributed by atoms with Crippen molar-refractivity contribution in [3.8, 4) is 11.5 Å². The summed E-state index contributed by atoms with van der Waals surface area (Å²) in [7, 11) is 0. The lowest BCUT2D eigenvalue weighted by atomic mass is 10.2. The molecule has 1 aromatic heterocycles. The Balaban J connectivity index is 1.76. The van der Waals surface area contributed by atoms with E-state index in [4.69, 9.17) is 25.8 Å². The largest absolute Gasteiger partial charge is 0.486 e. The first-order valence-electron chi connectivity index (χ1n) is 8.98. The van der Waals surface area contributed by atoms with E-state index in [0.717, 1.165) is 10.2 Å². The monoisotopic (exact) mass is 432 g/mol. The number of amides is 1. The van der Waals surface area contributed by atoms with Gasteiger partial charge in [0.2, 0.25) is 0 Å². The number of thiazole rings is 1. The molecule has 0 bridgehead atoms. The van der Waals surface area contributed by atoms with E-state index >= 15 is 0 Å². The Morgan fingerprint density at radius 2 is 1.97 bits per heavy atom. The number of benzene rings is 2. The van der Waals surface area contributed by atoms with Gasteiger partial charge in [-0.25, -0.2) is 0 Å². The predicted molar refractivity (Wildman–Crippen MR) is 109 cm³/mol. The molecule has 7 nitrogen and oxygen atoms in total. The molecule has 0 unspecified atom stereocenters. The molecule has 0 spiro atoms. The molecule has 0 fully saturated rings. The van der Waals surface area contributed by atoms with Gasteiger partial charge in [0.25, 0.3) is 5.91 Å². The molecule has 9 heteroatoms. The Kier molecular flexibility index (Phi) is 5.55. The van der Waals surface area contributed by atoms with Crippen LogP contribution in [0, 0.1) is 0 Å². The number of rotatable bonds is 4. The van der Waals surface area contributed by atoms with Crippen LogP contribution in [-0.2, 0) is 16.1 Å². The van der Waals surface area contributed by atoms with Crippen molar-refractivity contribution < 1.29 is 23.8 Å². The predicted octanol–water partition coefficient (Wildman–Crippen LogP) is 3.43. The molecule has 0 saturated carbocycles. The number of carbonyl (C=O) groups is 2. The van der Waals surface area contributed by atoms with Gasteiger partial charge in [-0.3, -0.25) is 9.59 Å². The van der Waals surface area contributed by atoms with Crippen molar-refractivity contribution in [2.24, 2.45) is 4.99 Å². The summed E-state index contributed by atoms with van der Waals surface area (Å²) in [5.74, 6) is 0.258. The molecule has 3 aromatic rings. The van der Waals surface area contributed by atoms with E-state index in [0.29, 0.717) is 40.1 Å². The van der Waals surface area contributed by atoms with E-state index in [1.165, 1.54) is 11.3 Å². The minimum atomic E-state index is -0.447. The summed E-state index contributed by atoms with van der Waals surface area (Å²) in [5, 5.41) is 0.562. The van der Waals surface area contributed by atoms with Crippen LogP contribution in [0.1, 0.15) is 17.3 Å². The fourth-order valence-electron chi connectivity index (χ4n) is 2.95. The lowest BCUT2D eigenvalue weighted by Gasteiger charge is -2.18. The van der Waals surface area contributed by atoms with E-state index in [9.17, 15) is 9.59 Å². The molecule has 2 heterocycles. The molecule has 2 aromatic carbocycles. The highest BCUT2D eigenvalue weighted by atomic mass is 35.5. The van der Waals surface area contributed by atoms with Crippen LogP contribution in [0.2, 0.25) is 5.02 Å². The minimum Gasteiger partial charge on any atom is -0.486 e. The number of nitrogens with zero attached hydrogens (tertiary/aromatic N) is 2. The van der Waals surface area contributed by atoms with E-state index in [1.54, 1.807) is 47.9 Å². The summed E-state index contributed by atoms with van der Waals surface area (Å²) in [5.41, 5.74) is 1.12. The zero-order valence-corrected chi connectivity index (χ0v) is 17.1. The van der Waals surface area contributed by atoms with Crippen LogP contribution >= 0.6 is 22.9 Å². The summed E-state index contributed by atoms with van der Waals surface area (Å²) < 4.78 is 18.5. The molecular formula is C20H17ClN2O5S. The maximum absolute atomic E-state index is 12.8. The number of aromatic nitrogens is 1. The average molecular weight is 433 g/mol. The van der Waals surface area contributed by atoms with E-state index < -0.39 is 11.9 Å². The van der Waals surface area contributed by atoms with E-state index in [2.05, 4.69) is 4.99 Å². The smallest absolute Gasteiger partial charge is 0.326 e. The van der Waals surface area contributed by atoms with Crippen LogP contribution in [0.5, 0.6) is 11.5 Å². The van der Waals surface area contributed by atoms with Crippen molar-refractivity contribution in [2.45, 2.75) is 13.5 Å². The Labute approximate surface area is 175 Å². The lowest BCUT2D eigenvalue weighted by molar-refractivity contribution is -0.143. The first-order valence-corrected chi connectivity index (χ1v) is 10.2. The van der Waals surface area contributed by atoms with Gasteiger partial charge in [-0.05, 0) is 43.3 Å². The number of fused-ring (bicyclic) bond motifs is 2. The highest BCUT2D eigenvalue weighted by Gasteiger charge is 2.16. The molecule has 150 valence electrons. The number of esters is 1. The second kappa shape index (κ2) is 8.26. The molecule has 4 rings (SSSR count). The van der Waals surface area contributed by atoms with Crippen molar-refractivity contribution in [3.05, 3.63) is 51.8 Å². The van der Waals surface area contributed by atoms with Gasteiger partial charge in [0.15, 0.2) is 16.3 Å². The van der Waals surface area contributed by atoms with Gasteiger partial charge in [0, 0.05) is 10.6 Å². The lowest BCUT2D eigenvalue weighted by Crippen LogP contribution is -2.23. The van der Waals surface area contributed by atoms with Gasteiger partial charge < -0.3 is 18.8 Å². The Morgan fingerprint density at radius 3 is 2.76 bits per heavy atom. The summed E-state index contributed by atoms with van der Waals surface area (Å²) >= 11 is 7.36. The topological polar surface area (TPSA) is 79.1 Å². The Bertz CT molecular complexity index is 1170. The van der Waals surface area contributed by atoms with Crippen LogP contribution in [0.3, 0.4) is 0 Å². The first kappa shape index (κ1) is 19.5. The quantitative estimate of drug-likeness (QED) is 0.590. The van der Waals surface area contributed by atoms with Gasteiger partial charge in [-0.15, -0.1) is 0 Å². The number of hydrogen-bond donors (Lipinski definition) is 0. The fourth-order valence-corrected chi connectivity index (χ4v) is 4.25. The van der Waals surface area contributed by atoms with E-state index in [1.807, 2.05) is 0 Å². The SMILES string of the molecule is CCOC(=O)Cn1c(=NC(=O)c2ccc3c(c2)OCCO3)sc2cc(Cl)ccc21. The third kappa shape index (κ3) is 4.13. The van der Waals surface area contributed by atoms with Gasteiger partial charge in [0.1, 0.15) is 19.8 Å². The highest BCUT2D eigenvalue weighted by Crippen LogP contribution is 2.31. The molecule has 0 saturated heterocycles.